The number of aromatic nitrogens is 4. The molecule has 2 fully saturated rings. The fraction of sp³-hybridized carbons (Fsp3) is 0.650. The van der Waals surface area contributed by atoms with Crippen LogP contribution in [0.3, 0.4) is 0 Å². The third-order valence-electron chi connectivity index (χ3n) is 6.16. The van der Waals surface area contributed by atoms with Gasteiger partial charge in [-0.2, -0.15) is 0 Å². The van der Waals surface area contributed by atoms with Gasteiger partial charge in [-0.25, -0.2) is 15.0 Å². The van der Waals surface area contributed by atoms with Crippen LogP contribution < -0.4 is 4.90 Å². The minimum Gasteiger partial charge on any atom is -0.350 e. The molecule has 6 nitrogen and oxygen atoms in total. The van der Waals surface area contributed by atoms with Crippen LogP contribution in [-0.4, -0.2) is 49.6 Å². The van der Waals surface area contributed by atoms with Gasteiger partial charge in [0.25, 0.3) is 0 Å². The van der Waals surface area contributed by atoms with Crippen LogP contribution in [0.4, 0.5) is 5.82 Å². The first-order valence-electron chi connectivity index (χ1n) is 10.2. The van der Waals surface area contributed by atoms with E-state index in [1.165, 1.54) is 63.1 Å². The summed E-state index contributed by atoms with van der Waals surface area (Å²) in [5, 5.41) is 0. The zero-order chi connectivity index (χ0) is 17.3. The van der Waals surface area contributed by atoms with Crippen molar-refractivity contribution in [2.75, 3.05) is 18.0 Å². The third kappa shape index (κ3) is 3.22. The number of rotatable bonds is 5. The van der Waals surface area contributed by atoms with E-state index in [1.54, 1.807) is 6.33 Å². The molecule has 6 heteroatoms. The van der Waals surface area contributed by atoms with E-state index in [1.807, 2.05) is 6.20 Å². The molecule has 5 rings (SSSR count). The summed E-state index contributed by atoms with van der Waals surface area (Å²) in [4.78, 5) is 18.5. The van der Waals surface area contributed by atoms with Crippen molar-refractivity contribution in [1.29, 1.82) is 0 Å². The Bertz CT molecular complexity index is 730. The molecule has 0 bridgehead atoms. The van der Waals surface area contributed by atoms with Crippen molar-refractivity contribution in [1.82, 2.24) is 24.4 Å². The maximum atomic E-state index is 4.65. The number of anilines is 1. The molecule has 2 aliphatic heterocycles. The monoisotopic (exact) mass is 352 g/mol. The highest BCUT2D eigenvalue weighted by atomic mass is 15.3. The van der Waals surface area contributed by atoms with Crippen molar-refractivity contribution in [3.63, 3.8) is 0 Å². The maximum Gasteiger partial charge on any atom is 0.132 e. The minimum atomic E-state index is 0.619. The number of imidazole rings is 1. The lowest BCUT2D eigenvalue weighted by Gasteiger charge is -2.39. The zero-order valence-corrected chi connectivity index (χ0v) is 15.4. The van der Waals surface area contributed by atoms with Crippen LogP contribution in [0.5, 0.6) is 0 Å². The Morgan fingerprint density at radius 2 is 1.85 bits per heavy atom. The number of hydrogen-bond acceptors (Lipinski definition) is 5. The molecule has 26 heavy (non-hydrogen) atoms. The summed E-state index contributed by atoms with van der Waals surface area (Å²) in [6, 6.07) is 3.39. The summed E-state index contributed by atoms with van der Waals surface area (Å²) >= 11 is 0. The fourth-order valence-corrected chi connectivity index (χ4v) is 4.65. The number of fused-ring (bicyclic) bond motifs is 1. The molecule has 4 heterocycles. The quantitative estimate of drug-likeness (QED) is 0.828. The van der Waals surface area contributed by atoms with Gasteiger partial charge in [0, 0.05) is 57.1 Å². The molecule has 2 aromatic heterocycles. The van der Waals surface area contributed by atoms with E-state index in [0.29, 0.717) is 12.1 Å². The highest BCUT2D eigenvalue weighted by molar-refractivity contribution is 5.41. The molecule has 3 aliphatic rings. The lowest BCUT2D eigenvalue weighted by molar-refractivity contribution is 0.195. The van der Waals surface area contributed by atoms with E-state index in [9.17, 15) is 0 Å². The van der Waals surface area contributed by atoms with Crippen LogP contribution in [-0.2, 0) is 19.5 Å². The summed E-state index contributed by atoms with van der Waals surface area (Å²) in [6.45, 7) is 4.54. The SMILES string of the molecule is c1cc(N(C2CC2)C2CCN(Cc3cnc4n3CCCC4)CC2)ncn1. The summed E-state index contributed by atoms with van der Waals surface area (Å²) < 4.78 is 2.47. The molecule has 0 amide bonds. The van der Waals surface area contributed by atoms with Crippen LogP contribution in [0.1, 0.15) is 50.0 Å². The first-order valence-corrected chi connectivity index (χ1v) is 10.2. The Balaban J connectivity index is 1.23. The second-order valence-corrected chi connectivity index (χ2v) is 7.99. The molecule has 0 N–H and O–H groups in total. The highest BCUT2D eigenvalue weighted by Gasteiger charge is 2.36. The summed E-state index contributed by atoms with van der Waals surface area (Å²) in [6.07, 6.45) is 14.5. The summed E-state index contributed by atoms with van der Waals surface area (Å²) in [5.74, 6) is 2.41. The van der Waals surface area contributed by atoms with Gasteiger partial charge < -0.3 is 9.47 Å². The Labute approximate surface area is 155 Å². The molecule has 0 aromatic carbocycles. The number of aryl methyl sites for hydroxylation is 1. The van der Waals surface area contributed by atoms with E-state index in [2.05, 4.69) is 41.6 Å². The van der Waals surface area contributed by atoms with Gasteiger partial charge in [-0.3, -0.25) is 4.90 Å². The third-order valence-corrected chi connectivity index (χ3v) is 6.16. The van der Waals surface area contributed by atoms with E-state index < -0.39 is 0 Å². The molecule has 2 aromatic rings. The van der Waals surface area contributed by atoms with Gasteiger partial charge in [-0.15, -0.1) is 0 Å². The Morgan fingerprint density at radius 1 is 1.00 bits per heavy atom. The van der Waals surface area contributed by atoms with Crippen molar-refractivity contribution in [2.45, 2.75) is 70.1 Å². The van der Waals surface area contributed by atoms with Crippen LogP contribution in [0.15, 0.2) is 24.8 Å². The molecular weight excluding hydrogens is 324 g/mol. The molecule has 0 spiro atoms. The topological polar surface area (TPSA) is 50.1 Å². The van der Waals surface area contributed by atoms with Crippen LogP contribution in [0.25, 0.3) is 0 Å². The predicted octanol–water partition coefficient (Wildman–Crippen LogP) is 2.64. The van der Waals surface area contributed by atoms with Crippen LogP contribution in [0.2, 0.25) is 0 Å². The van der Waals surface area contributed by atoms with Crippen LogP contribution in [0, 0.1) is 0 Å². The van der Waals surface area contributed by atoms with Gasteiger partial charge >= 0.3 is 0 Å². The van der Waals surface area contributed by atoms with E-state index in [-0.39, 0.29) is 0 Å². The molecule has 1 saturated heterocycles. The van der Waals surface area contributed by atoms with Gasteiger partial charge in [0.15, 0.2) is 0 Å². The van der Waals surface area contributed by atoms with E-state index in [4.69, 9.17) is 0 Å². The van der Waals surface area contributed by atoms with E-state index >= 15 is 0 Å². The first-order chi connectivity index (χ1) is 12.9. The number of piperidine rings is 1. The lowest BCUT2D eigenvalue weighted by atomic mass is 10.0. The zero-order valence-electron chi connectivity index (χ0n) is 15.4. The molecule has 0 atom stereocenters. The van der Waals surface area contributed by atoms with Gasteiger partial charge in [-0.05, 0) is 44.6 Å². The van der Waals surface area contributed by atoms with Gasteiger partial charge in [-0.1, -0.05) is 0 Å². The molecule has 0 unspecified atom stereocenters. The van der Waals surface area contributed by atoms with Crippen molar-refractivity contribution < 1.29 is 0 Å². The normalized spacial score (nSPS) is 21.5. The maximum absolute atomic E-state index is 4.65. The van der Waals surface area contributed by atoms with Crippen molar-refractivity contribution in [3.8, 4) is 0 Å². The standard InChI is InChI=1S/C20H28N6/c1-2-10-25-18(13-22-19(25)3-1)14-24-11-7-17(8-12-24)26(16-4-5-16)20-6-9-21-15-23-20/h6,9,13,15-17H,1-5,7-8,10-12,14H2. The second kappa shape index (κ2) is 6.99. The largest absolute Gasteiger partial charge is 0.350 e. The fourth-order valence-electron chi connectivity index (χ4n) is 4.65. The minimum absolute atomic E-state index is 0.619. The predicted molar refractivity (Wildman–Crippen MR) is 101 cm³/mol. The molecule has 1 aliphatic carbocycles. The number of hydrogen-bond donors (Lipinski definition) is 0. The van der Waals surface area contributed by atoms with Crippen molar-refractivity contribution in [3.05, 3.63) is 36.3 Å². The van der Waals surface area contributed by atoms with Gasteiger partial charge in [0.05, 0.1) is 5.69 Å². The lowest BCUT2D eigenvalue weighted by Crippen LogP contribution is -2.46. The molecule has 0 radical (unpaired) electrons. The Hall–Kier alpha value is -1.95. The van der Waals surface area contributed by atoms with Gasteiger partial charge in [0.1, 0.15) is 18.0 Å². The second-order valence-electron chi connectivity index (χ2n) is 7.99. The van der Waals surface area contributed by atoms with Gasteiger partial charge in [0.2, 0.25) is 0 Å². The van der Waals surface area contributed by atoms with E-state index in [0.717, 1.165) is 25.3 Å². The average molecular weight is 352 g/mol. The highest BCUT2D eigenvalue weighted by Crippen LogP contribution is 2.35. The van der Waals surface area contributed by atoms with Crippen molar-refractivity contribution >= 4 is 5.82 Å². The Morgan fingerprint density at radius 3 is 2.62 bits per heavy atom. The molecular formula is C20H28N6. The molecule has 1 saturated carbocycles. The van der Waals surface area contributed by atoms with Crippen LogP contribution >= 0.6 is 0 Å². The number of likely N-dealkylation sites (tertiary alicyclic amines) is 1. The smallest absolute Gasteiger partial charge is 0.132 e. The summed E-state index contributed by atoms with van der Waals surface area (Å²) in [5.41, 5.74) is 1.41. The Kier molecular flexibility index (Phi) is 4.36. The first kappa shape index (κ1) is 16.2. The average Bonchev–Trinajstić information content (AvgIpc) is 3.45. The van der Waals surface area contributed by atoms with Crippen molar-refractivity contribution in [2.24, 2.45) is 0 Å². The molecule has 138 valence electrons. The summed E-state index contributed by atoms with van der Waals surface area (Å²) in [7, 11) is 0. The number of nitrogens with zero attached hydrogens (tertiary/aromatic N) is 6.